The highest BCUT2D eigenvalue weighted by Crippen LogP contribution is 2.43. The Morgan fingerprint density at radius 3 is 2.93 bits per heavy atom. The Hall–Kier alpha value is -1.05. The molecule has 15 heavy (non-hydrogen) atoms. The van der Waals surface area contributed by atoms with E-state index in [9.17, 15) is 4.39 Å². The molecule has 1 N–H and O–H groups in total. The molecule has 0 radical (unpaired) electrons. The van der Waals surface area contributed by atoms with Crippen molar-refractivity contribution in [3.63, 3.8) is 0 Å². The van der Waals surface area contributed by atoms with Crippen molar-refractivity contribution in [3.8, 4) is 0 Å². The quantitative estimate of drug-likeness (QED) is 0.681. The fourth-order valence-corrected chi connectivity index (χ4v) is 3.04. The van der Waals surface area contributed by atoms with Gasteiger partial charge in [0.2, 0.25) is 0 Å². The highest BCUT2D eigenvalue weighted by Gasteiger charge is 2.33. The van der Waals surface area contributed by atoms with E-state index in [1.807, 2.05) is 6.07 Å². The van der Waals surface area contributed by atoms with Crippen LogP contribution >= 0.6 is 0 Å². The van der Waals surface area contributed by atoms with E-state index < -0.39 is 0 Å². The van der Waals surface area contributed by atoms with Gasteiger partial charge in [-0.05, 0) is 24.5 Å². The van der Waals surface area contributed by atoms with E-state index >= 15 is 0 Å². The van der Waals surface area contributed by atoms with E-state index in [-0.39, 0.29) is 5.82 Å². The lowest BCUT2D eigenvalue weighted by Gasteiger charge is -2.16. The lowest BCUT2D eigenvalue weighted by Crippen LogP contribution is -2.18. The summed E-state index contributed by atoms with van der Waals surface area (Å²) >= 11 is 0. The summed E-state index contributed by atoms with van der Waals surface area (Å²) in [4.78, 5) is 0. The molecule has 80 valence electrons. The number of halogens is 1. The first-order valence-corrected chi connectivity index (χ1v) is 5.91. The van der Waals surface area contributed by atoms with Gasteiger partial charge in [-0.3, -0.25) is 0 Å². The Balaban J connectivity index is 2.00. The van der Waals surface area contributed by atoms with Crippen molar-refractivity contribution in [2.24, 2.45) is 0 Å². The molecule has 1 fully saturated rings. The van der Waals surface area contributed by atoms with E-state index in [4.69, 9.17) is 0 Å². The van der Waals surface area contributed by atoms with Gasteiger partial charge in [0.25, 0.3) is 0 Å². The number of hydrogen-bond acceptors (Lipinski definition) is 1. The zero-order chi connectivity index (χ0) is 10.3. The molecule has 0 saturated heterocycles. The Labute approximate surface area is 89.7 Å². The van der Waals surface area contributed by atoms with Gasteiger partial charge in [0, 0.05) is 12.0 Å². The van der Waals surface area contributed by atoms with Crippen LogP contribution in [0.1, 0.15) is 43.6 Å². The highest BCUT2D eigenvalue weighted by molar-refractivity contribution is 5.60. The average molecular weight is 205 g/mol. The summed E-state index contributed by atoms with van der Waals surface area (Å²) in [6.07, 6.45) is 6.31. The smallest absolute Gasteiger partial charge is 0.146 e. The third-order valence-corrected chi connectivity index (χ3v) is 3.79. The van der Waals surface area contributed by atoms with Crippen LogP contribution in [0.2, 0.25) is 0 Å². The Kier molecular flexibility index (Phi) is 2.15. The normalized spacial score (nSPS) is 28.9. The van der Waals surface area contributed by atoms with E-state index in [1.165, 1.54) is 37.7 Å². The Morgan fingerprint density at radius 1 is 1.13 bits per heavy atom. The zero-order valence-electron chi connectivity index (χ0n) is 8.80. The zero-order valence-corrected chi connectivity index (χ0v) is 8.80. The van der Waals surface area contributed by atoms with Crippen molar-refractivity contribution in [1.82, 2.24) is 0 Å². The van der Waals surface area contributed by atoms with Crippen LogP contribution in [-0.4, -0.2) is 6.04 Å². The average Bonchev–Trinajstić information content (AvgIpc) is 2.45. The first-order valence-electron chi connectivity index (χ1n) is 5.91. The second-order valence-corrected chi connectivity index (χ2v) is 4.70. The summed E-state index contributed by atoms with van der Waals surface area (Å²) in [6, 6.07) is 5.96. The molecule has 2 aliphatic rings. The second-order valence-electron chi connectivity index (χ2n) is 4.70. The lowest BCUT2D eigenvalue weighted by atomic mass is 9.91. The maximum absolute atomic E-state index is 13.6. The van der Waals surface area contributed by atoms with E-state index in [0.717, 1.165) is 5.69 Å². The summed E-state index contributed by atoms with van der Waals surface area (Å²) in [5, 5.41) is 3.37. The van der Waals surface area contributed by atoms with Gasteiger partial charge in [0.15, 0.2) is 0 Å². The summed E-state index contributed by atoms with van der Waals surface area (Å²) in [7, 11) is 0. The van der Waals surface area contributed by atoms with Gasteiger partial charge in [0.05, 0.1) is 5.69 Å². The second kappa shape index (κ2) is 3.51. The molecule has 0 aromatic heterocycles. The predicted octanol–water partition coefficient (Wildman–Crippen LogP) is 3.67. The van der Waals surface area contributed by atoms with Crippen LogP contribution in [0.25, 0.3) is 0 Å². The number of anilines is 1. The highest BCUT2D eigenvalue weighted by atomic mass is 19.1. The van der Waals surface area contributed by atoms with Gasteiger partial charge < -0.3 is 5.32 Å². The number of benzene rings is 1. The molecule has 2 unspecified atom stereocenters. The van der Waals surface area contributed by atoms with E-state index in [1.54, 1.807) is 6.07 Å². The summed E-state index contributed by atoms with van der Waals surface area (Å²) < 4.78 is 13.6. The van der Waals surface area contributed by atoms with Crippen molar-refractivity contribution in [3.05, 3.63) is 29.6 Å². The van der Waals surface area contributed by atoms with Crippen LogP contribution < -0.4 is 5.32 Å². The maximum atomic E-state index is 13.6. The van der Waals surface area contributed by atoms with Crippen molar-refractivity contribution in [1.29, 1.82) is 0 Å². The van der Waals surface area contributed by atoms with Gasteiger partial charge in [-0.2, -0.15) is 0 Å². The molecular formula is C13H16FN. The van der Waals surface area contributed by atoms with Crippen molar-refractivity contribution in [2.45, 2.75) is 44.1 Å². The van der Waals surface area contributed by atoms with E-state index in [0.29, 0.717) is 12.0 Å². The minimum absolute atomic E-state index is 0.0828. The standard InChI is InChI=1S/C13H16FN/c14-11-7-4-6-10-9-5-2-1-3-8-12(9)15-13(10)11/h4,6-7,9,12,15H,1-3,5,8H2. The fraction of sp³-hybridized carbons (Fsp3) is 0.538. The van der Waals surface area contributed by atoms with Gasteiger partial charge in [0.1, 0.15) is 5.82 Å². The van der Waals surface area contributed by atoms with Crippen LogP contribution in [0.4, 0.5) is 10.1 Å². The first kappa shape index (κ1) is 9.20. The molecule has 1 saturated carbocycles. The summed E-state index contributed by atoms with van der Waals surface area (Å²) in [6.45, 7) is 0. The van der Waals surface area contributed by atoms with Crippen LogP contribution in [-0.2, 0) is 0 Å². The first-order chi connectivity index (χ1) is 7.36. The van der Waals surface area contributed by atoms with Gasteiger partial charge >= 0.3 is 0 Å². The number of para-hydroxylation sites is 1. The number of rotatable bonds is 0. The molecule has 0 spiro atoms. The van der Waals surface area contributed by atoms with E-state index in [2.05, 4.69) is 11.4 Å². The monoisotopic (exact) mass is 205 g/mol. The molecule has 1 aromatic carbocycles. The van der Waals surface area contributed by atoms with Crippen molar-refractivity contribution < 1.29 is 4.39 Å². The number of fused-ring (bicyclic) bond motifs is 3. The molecule has 3 rings (SSSR count). The Bertz CT molecular complexity index is 375. The van der Waals surface area contributed by atoms with Crippen LogP contribution in [0.3, 0.4) is 0 Å². The van der Waals surface area contributed by atoms with Crippen LogP contribution in [0.5, 0.6) is 0 Å². The lowest BCUT2D eigenvalue weighted by molar-refractivity contribution is 0.562. The fourth-order valence-electron chi connectivity index (χ4n) is 3.04. The largest absolute Gasteiger partial charge is 0.379 e. The molecule has 1 heterocycles. The molecule has 2 heteroatoms. The summed E-state index contributed by atoms with van der Waals surface area (Å²) in [5.74, 6) is 0.471. The molecule has 1 aromatic rings. The minimum Gasteiger partial charge on any atom is -0.379 e. The minimum atomic E-state index is -0.0828. The topological polar surface area (TPSA) is 12.0 Å². The number of nitrogens with one attached hydrogen (secondary N) is 1. The maximum Gasteiger partial charge on any atom is 0.146 e. The van der Waals surface area contributed by atoms with Gasteiger partial charge in [-0.25, -0.2) is 4.39 Å². The van der Waals surface area contributed by atoms with Crippen molar-refractivity contribution in [2.75, 3.05) is 5.32 Å². The van der Waals surface area contributed by atoms with Crippen molar-refractivity contribution >= 4 is 5.69 Å². The van der Waals surface area contributed by atoms with Crippen LogP contribution in [0.15, 0.2) is 18.2 Å². The molecular weight excluding hydrogens is 189 g/mol. The number of hydrogen-bond donors (Lipinski definition) is 1. The Morgan fingerprint density at radius 2 is 2.00 bits per heavy atom. The summed E-state index contributed by atoms with van der Waals surface area (Å²) in [5.41, 5.74) is 1.98. The third kappa shape index (κ3) is 1.43. The molecule has 0 bridgehead atoms. The van der Waals surface area contributed by atoms with Crippen LogP contribution in [0, 0.1) is 5.82 Å². The van der Waals surface area contributed by atoms with Gasteiger partial charge in [-0.15, -0.1) is 0 Å². The molecule has 2 atom stereocenters. The molecule has 1 nitrogen and oxygen atoms in total. The van der Waals surface area contributed by atoms with Gasteiger partial charge in [-0.1, -0.05) is 31.4 Å². The molecule has 1 aliphatic carbocycles. The molecule has 1 aliphatic heterocycles. The molecule has 0 amide bonds. The predicted molar refractivity (Wildman–Crippen MR) is 59.6 cm³/mol. The SMILES string of the molecule is Fc1cccc2c1NC1CCCCCC21. The third-order valence-electron chi connectivity index (χ3n) is 3.79.